The highest BCUT2D eigenvalue weighted by atomic mass is 16.1. The lowest BCUT2D eigenvalue weighted by molar-refractivity contribution is 0.102. The van der Waals surface area contributed by atoms with Crippen molar-refractivity contribution in [1.29, 1.82) is 0 Å². The van der Waals surface area contributed by atoms with Gasteiger partial charge in [-0.15, -0.1) is 0 Å². The highest BCUT2D eigenvalue weighted by molar-refractivity contribution is 6.04. The molecule has 1 aliphatic heterocycles. The molecule has 0 aliphatic carbocycles. The molecule has 1 atom stereocenters. The van der Waals surface area contributed by atoms with E-state index in [-0.39, 0.29) is 5.91 Å². The average Bonchev–Trinajstić information content (AvgIpc) is 3.38. The summed E-state index contributed by atoms with van der Waals surface area (Å²) < 4.78 is 2.10. The van der Waals surface area contributed by atoms with E-state index in [1.165, 1.54) is 5.56 Å². The molecule has 1 aliphatic rings. The number of fused-ring (bicyclic) bond motifs is 1. The third-order valence-corrected chi connectivity index (χ3v) is 7.37. The number of nitrogens with zero attached hydrogens (tertiary/aromatic N) is 5. The molecular weight excluding hydrogens is 486 g/mol. The van der Waals surface area contributed by atoms with Gasteiger partial charge in [-0.3, -0.25) is 9.20 Å². The number of carbonyl (C=O) groups is 1. The van der Waals surface area contributed by atoms with Crippen LogP contribution in [0.5, 0.6) is 0 Å². The number of anilines is 2. The third-order valence-electron chi connectivity index (χ3n) is 7.37. The summed E-state index contributed by atoms with van der Waals surface area (Å²) in [6.07, 6.45) is 8.58. The Bertz CT molecular complexity index is 1570. The molecule has 3 aromatic heterocycles. The Morgan fingerprint density at radius 2 is 1.79 bits per heavy atom. The Kier molecular flexibility index (Phi) is 7.01. The van der Waals surface area contributed by atoms with Gasteiger partial charge in [-0.1, -0.05) is 48.5 Å². The summed E-state index contributed by atoms with van der Waals surface area (Å²) in [4.78, 5) is 28.9. The lowest BCUT2D eigenvalue weighted by Gasteiger charge is -2.32. The fourth-order valence-corrected chi connectivity index (χ4v) is 5.38. The monoisotopic (exact) mass is 517 g/mol. The molecule has 1 saturated heterocycles. The molecule has 4 heterocycles. The number of aromatic nitrogens is 4. The van der Waals surface area contributed by atoms with Crippen LogP contribution < -0.4 is 11.1 Å². The Hall–Kier alpha value is -4.56. The van der Waals surface area contributed by atoms with Gasteiger partial charge >= 0.3 is 0 Å². The first-order valence-electron chi connectivity index (χ1n) is 13.4. The predicted molar refractivity (Wildman–Crippen MR) is 154 cm³/mol. The number of nitrogen functional groups attached to an aromatic ring is 1. The number of likely N-dealkylation sites (tertiary alicyclic amines) is 1. The number of hydrogen-bond donors (Lipinski definition) is 2. The molecule has 0 radical (unpaired) electrons. The quantitative estimate of drug-likeness (QED) is 0.313. The van der Waals surface area contributed by atoms with Crippen LogP contribution in [0, 0.1) is 0 Å². The van der Waals surface area contributed by atoms with E-state index in [1.807, 2.05) is 30.5 Å². The van der Waals surface area contributed by atoms with Gasteiger partial charge in [0.25, 0.3) is 5.91 Å². The summed E-state index contributed by atoms with van der Waals surface area (Å²) in [5.74, 6) is 2.05. The van der Waals surface area contributed by atoms with Crippen LogP contribution in [0.4, 0.5) is 11.6 Å². The van der Waals surface area contributed by atoms with Gasteiger partial charge < -0.3 is 16.0 Å². The molecule has 39 heavy (non-hydrogen) atoms. The zero-order valence-corrected chi connectivity index (χ0v) is 21.7. The van der Waals surface area contributed by atoms with Crippen LogP contribution in [0.15, 0.2) is 91.4 Å². The van der Waals surface area contributed by atoms with Crippen molar-refractivity contribution in [3.63, 3.8) is 0 Å². The van der Waals surface area contributed by atoms with Gasteiger partial charge in [-0.2, -0.15) is 0 Å². The number of benzene rings is 2. The minimum atomic E-state index is -0.213. The molecule has 1 unspecified atom stereocenters. The zero-order valence-electron chi connectivity index (χ0n) is 21.7. The summed E-state index contributed by atoms with van der Waals surface area (Å²) in [6, 6.07) is 23.5. The second-order valence-electron chi connectivity index (χ2n) is 9.97. The first kappa shape index (κ1) is 24.8. The molecule has 8 nitrogen and oxygen atoms in total. The fourth-order valence-electron chi connectivity index (χ4n) is 5.38. The van der Waals surface area contributed by atoms with Gasteiger partial charge in [0.1, 0.15) is 28.7 Å². The van der Waals surface area contributed by atoms with Crippen LogP contribution >= 0.6 is 0 Å². The molecule has 1 fully saturated rings. The number of nitrogens with one attached hydrogen (secondary N) is 1. The molecular formula is C31H31N7O. The molecule has 2 aromatic carbocycles. The van der Waals surface area contributed by atoms with Crippen LogP contribution in [-0.4, -0.2) is 49.8 Å². The number of amides is 1. The Morgan fingerprint density at radius 3 is 2.59 bits per heavy atom. The maximum Gasteiger partial charge on any atom is 0.256 e. The lowest BCUT2D eigenvalue weighted by Crippen LogP contribution is -2.36. The topological polar surface area (TPSA) is 101 Å². The summed E-state index contributed by atoms with van der Waals surface area (Å²) in [7, 11) is 0. The SMILES string of the molecule is Nc1nccn2c(C3CCCN(CCc4ccccc4)C3)nc(-c3ccc(C(=O)Nc4ccccn4)cc3)c12. The zero-order chi connectivity index (χ0) is 26.6. The smallest absolute Gasteiger partial charge is 0.256 e. The molecule has 196 valence electrons. The van der Waals surface area contributed by atoms with Crippen LogP contribution in [0.3, 0.4) is 0 Å². The van der Waals surface area contributed by atoms with E-state index in [0.29, 0.717) is 23.1 Å². The average molecular weight is 518 g/mol. The minimum absolute atomic E-state index is 0.213. The number of carbonyl (C=O) groups excluding carboxylic acids is 1. The van der Waals surface area contributed by atoms with Crippen LogP contribution in [-0.2, 0) is 6.42 Å². The summed E-state index contributed by atoms with van der Waals surface area (Å²) >= 11 is 0. The number of nitrogens with two attached hydrogens (primary N) is 1. The van der Waals surface area contributed by atoms with Crippen molar-refractivity contribution in [2.45, 2.75) is 25.2 Å². The molecule has 1 amide bonds. The molecule has 5 aromatic rings. The van der Waals surface area contributed by atoms with E-state index in [4.69, 9.17) is 10.7 Å². The molecule has 0 spiro atoms. The van der Waals surface area contributed by atoms with Gasteiger partial charge in [0.15, 0.2) is 0 Å². The van der Waals surface area contributed by atoms with E-state index in [1.54, 1.807) is 30.6 Å². The number of hydrogen-bond acceptors (Lipinski definition) is 6. The van der Waals surface area contributed by atoms with Crippen LogP contribution in [0.25, 0.3) is 16.8 Å². The van der Waals surface area contributed by atoms with E-state index in [0.717, 1.165) is 61.5 Å². The maximum absolute atomic E-state index is 12.7. The van der Waals surface area contributed by atoms with Crippen molar-refractivity contribution < 1.29 is 4.79 Å². The van der Waals surface area contributed by atoms with E-state index in [9.17, 15) is 4.79 Å². The Balaban J connectivity index is 1.24. The molecule has 0 saturated carbocycles. The molecule has 8 heteroatoms. The van der Waals surface area contributed by atoms with Gasteiger partial charge in [-0.05, 0) is 55.6 Å². The number of imidazole rings is 1. The first-order chi connectivity index (χ1) is 19.2. The molecule has 6 rings (SSSR count). The Labute approximate surface area is 227 Å². The maximum atomic E-state index is 12.7. The third kappa shape index (κ3) is 5.37. The van der Waals surface area contributed by atoms with Crippen molar-refractivity contribution >= 4 is 23.1 Å². The number of pyridine rings is 1. The standard InChI is InChI=1S/C31H31N7O/c32-29-28-27(23-11-13-24(14-12-23)31(39)35-26-10-4-5-16-33-26)36-30(38(28)20-17-34-29)25-9-6-18-37(21-25)19-15-22-7-2-1-3-8-22/h1-5,7-8,10-14,16-17,20,25H,6,9,15,18-19,21H2,(H2,32,34)(H,33,35,39). The van der Waals surface area contributed by atoms with Crippen molar-refractivity contribution in [3.8, 4) is 11.3 Å². The van der Waals surface area contributed by atoms with Crippen molar-refractivity contribution in [3.05, 3.63) is 108 Å². The Morgan fingerprint density at radius 1 is 0.974 bits per heavy atom. The van der Waals surface area contributed by atoms with E-state index < -0.39 is 0 Å². The van der Waals surface area contributed by atoms with Gasteiger partial charge in [0.2, 0.25) is 0 Å². The van der Waals surface area contributed by atoms with Gasteiger partial charge in [0.05, 0.1) is 0 Å². The second kappa shape index (κ2) is 11.0. The normalized spacial score (nSPS) is 15.8. The first-order valence-corrected chi connectivity index (χ1v) is 13.4. The number of rotatable bonds is 7. The van der Waals surface area contributed by atoms with Gasteiger partial charge in [-0.25, -0.2) is 15.0 Å². The highest BCUT2D eigenvalue weighted by Gasteiger charge is 2.27. The van der Waals surface area contributed by atoms with Crippen LogP contribution in [0.1, 0.15) is 40.5 Å². The van der Waals surface area contributed by atoms with E-state index in [2.05, 4.69) is 54.9 Å². The molecule has 0 bridgehead atoms. The molecule has 3 N–H and O–H groups in total. The minimum Gasteiger partial charge on any atom is -0.382 e. The fraction of sp³-hybridized carbons (Fsp3) is 0.226. The van der Waals surface area contributed by atoms with Crippen LogP contribution in [0.2, 0.25) is 0 Å². The summed E-state index contributed by atoms with van der Waals surface area (Å²) in [5.41, 5.74) is 10.8. The van der Waals surface area contributed by atoms with Crippen molar-refractivity contribution in [1.82, 2.24) is 24.3 Å². The summed E-state index contributed by atoms with van der Waals surface area (Å²) in [5, 5.41) is 2.82. The van der Waals surface area contributed by atoms with Crippen molar-refractivity contribution in [2.75, 3.05) is 30.7 Å². The van der Waals surface area contributed by atoms with Crippen molar-refractivity contribution in [2.24, 2.45) is 0 Å². The largest absolute Gasteiger partial charge is 0.382 e. The lowest BCUT2D eigenvalue weighted by atomic mass is 9.96. The second-order valence-corrected chi connectivity index (χ2v) is 9.97. The highest BCUT2D eigenvalue weighted by Crippen LogP contribution is 2.34. The van der Waals surface area contributed by atoms with E-state index >= 15 is 0 Å². The predicted octanol–water partition coefficient (Wildman–Crippen LogP) is 5.05. The van der Waals surface area contributed by atoms with Gasteiger partial charge in [0, 0.05) is 48.7 Å². The number of piperidine rings is 1. The summed E-state index contributed by atoms with van der Waals surface area (Å²) in [6.45, 7) is 3.09.